The van der Waals surface area contributed by atoms with Gasteiger partial charge in [0, 0.05) is 49.0 Å². The Balaban J connectivity index is 1.59. The van der Waals surface area contributed by atoms with Crippen LogP contribution in [0.3, 0.4) is 0 Å². The molecule has 160 valence electrons. The summed E-state index contributed by atoms with van der Waals surface area (Å²) < 4.78 is 6.94. The number of nitrogens with two attached hydrogens (primary N) is 1. The van der Waals surface area contributed by atoms with Gasteiger partial charge in [-0.15, -0.1) is 0 Å². The van der Waals surface area contributed by atoms with Crippen LogP contribution in [0.4, 0.5) is 17.2 Å². The largest absolute Gasteiger partial charge is 0.398 e. The average molecular weight is 418 g/mol. The Morgan fingerprint density at radius 2 is 1.87 bits per heavy atom. The van der Waals surface area contributed by atoms with Crippen LogP contribution >= 0.6 is 0 Å². The average Bonchev–Trinajstić information content (AvgIpc) is 2.79. The lowest BCUT2D eigenvalue weighted by Gasteiger charge is -2.30. The molecule has 1 aromatic heterocycles. The number of aryl methyl sites for hydroxylation is 1. The van der Waals surface area contributed by atoms with Gasteiger partial charge in [0.25, 0.3) is 5.56 Å². The molecule has 0 saturated carbocycles. The molecule has 7 nitrogen and oxygen atoms in total. The van der Waals surface area contributed by atoms with E-state index in [0.29, 0.717) is 11.4 Å². The molecule has 2 aromatic carbocycles. The smallest absolute Gasteiger partial charge is 0.293 e. The molecule has 0 spiro atoms. The fourth-order valence-corrected chi connectivity index (χ4v) is 3.65. The monoisotopic (exact) mass is 417 g/mol. The summed E-state index contributed by atoms with van der Waals surface area (Å²) in [5.41, 5.74) is 11.9. The van der Waals surface area contributed by atoms with Crippen molar-refractivity contribution in [2.45, 2.75) is 6.92 Å². The second-order valence-electron chi connectivity index (χ2n) is 7.66. The van der Waals surface area contributed by atoms with Crippen LogP contribution in [0.1, 0.15) is 11.1 Å². The summed E-state index contributed by atoms with van der Waals surface area (Å²) in [5, 5.41) is 3.16. The zero-order valence-corrected chi connectivity index (χ0v) is 17.9. The molecule has 1 saturated heterocycles. The van der Waals surface area contributed by atoms with Crippen LogP contribution in [-0.2, 0) is 11.8 Å². The topological polar surface area (TPSA) is 85.4 Å². The van der Waals surface area contributed by atoms with Gasteiger partial charge < -0.3 is 25.3 Å². The first-order chi connectivity index (χ1) is 14.9. The van der Waals surface area contributed by atoms with Gasteiger partial charge in [0.1, 0.15) is 0 Å². The number of rotatable bonds is 5. The Hall–Kier alpha value is -3.58. The molecule has 3 N–H and O–H groups in total. The second-order valence-corrected chi connectivity index (χ2v) is 7.66. The van der Waals surface area contributed by atoms with Crippen molar-refractivity contribution in [2.75, 3.05) is 37.4 Å². The van der Waals surface area contributed by atoms with Crippen molar-refractivity contribution in [2.24, 2.45) is 7.05 Å². The predicted molar refractivity (Wildman–Crippen MR) is 125 cm³/mol. The van der Waals surface area contributed by atoms with Crippen molar-refractivity contribution in [3.63, 3.8) is 0 Å². The number of hydrogen-bond acceptors (Lipinski definition) is 6. The van der Waals surface area contributed by atoms with Crippen molar-refractivity contribution in [3.05, 3.63) is 76.7 Å². The standard InChI is InChI=1S/C24H27N5O2/c1-16-20(5-4-6-21(16)25)22-15-28(3)24(30)23(27-22)26-19-9-7-18(8-10-19)17(2)29-11-13-31-14-12-29/h4-10,15H,2,11-14,25H2,1,3H3,(H,26,27). The molecule has 7 heteroatoms. The first kappa shape index (κ1) is 20.7. The van der Waals surface area contributed by atoms with E-state index in [2.05, 4.69) is 21.8 Å². The van der Waals surface area contributed by atoms with E-state index in [-0.39, 0.29) is 11.4 Å². The van der Waals surface area contributed by atoms with Gasteiger partial charge in [-0.2, -0.15) is 0 Å². The highest BCUT2D eigenvalue weighted by Crippen LogP contribution is 2.26. The number of nitrogens with one attached hydrogen (secondary N) is 1. The zero-order valence-electron chi connectivity index (χ0n) is 17.9. The van der Waals surface area contributed by atoms with E-state index < -0.39 is 0 Å². The van der Waals surface area contributed by atoms with Crippen molar-refractivity contribution < 1.29 is 4.74 Å². The van der Waals surface area contributed by atoms with E-state index in [0.717, 1.165) is 54.4 Å². The molecular formula is C24H27N5O2. The summed E-state index contributed by atoms with van der Waals surface area (Å²) in [7, 11) is 1.72. The molecular weight excluding hydrogens is 390 g/mol. The molecule has 1 fully saturated rings. The van der Waals surface area contributed by atoms with Gasteiger partial charge in [0.05, 0.1) is 18.9 Å². The van der Waals surface area contributed by atoms with Gasteiger partial charge in [-0.25, -0.2) is 4.98 Å². The third kappa shape index (κ3) is 4.32. The lowest BCUT2D eigenvalue weighted by molar-refractivity contribution is 0.0641. The maximum Gasteiger partial charge on any atom is 0.293 e. The number of hydrogen-bond donors (Lipinski definition) is 2. The third-order valence-electron chi connectivity index (χ3n) is 5.60. The minimum absolute atomic E-state index is 0.202. The number of anilines is 3. The Kier molecular flexibility index (Phi) is 5.77. The quantitative estimate of drug-likeness (QED) is 0.619. The normalized spacial score (nSPS) is 13.8. The van der Waals surface area contributed by atoms with E-state index in [9.17, 15) is 4.79 Å². The Labute approximate surface area is 181 Å². The van der Waals surface area contributed by atoms with E-state index in [1.54, 1.807) is 13.2 Å². The maximum absolute atomic E-state index is 12.7. The summed E-state index contributed by atoms with van der Waals surface area (Å²) in [6.45, 7) is 9.29. The van der Waals surface area contributed by atoms with Gasteiger partial charge in [0.15, 0.2) is 5.82 Å². The van der Waals surface area contributed by atoms with Gasteiger partial charge in [-0.05, 0) is 36.2 Å². The molecule has 2 heterocycles. The molecule has 0 atom stereocenters. The molecule has 0 bridgehead atoms. The maximum atomic E-state index is 12.7. The molecule has 0 unspecified atom stereocenters. The van der Waals surface area contributed by atoms with E-state index in [4.69, 9.17) is 10.5 Å². The highest BCUT2D eigenvalue weighted by atomic mass is 16.5. The molecule has 1 aliphatic heterocycles. The van der Waals surface area contributed by atoms with E-state index in [1.165, 1.54) is 4.57 Å². The number of nitrogens with zero attached hydrogens (tertiary/aromatic N) is 3. The highest BCUT2D eigenvalue weighted by Gasteiger charge is 2.14. The summed E-state index contributed by atoms with van der Waals surface area (Å²) >= 11 is 0. The SMILES string of the molecule is C=C(c1ccc(Nc2nc(-c3cccc(N)c3C)cn(C)c2=O)cc1)N1CCOCC1. The summed E-state index contributed by atoms with van der Waals surface area (Å²) in [4.78, 5) is 19.5. The first-order valence-corrected chi connectivity index (χ1v) is 10.3. The van der Waals surface area contributed by atoms with Crippen molar-refractivity contribution >= 4 is 22.9 Å². The van der Waals surface area contributed by atoms with Crippen molar-refractivity contribution in [1.29, 1.82) is 0 Å². The molecule has 3 aromatic rings. The summed E-state index contributed by atoms with van der Waals surface area (Å²) in [6, 6.07) is 13.5. The van der Waals surface area contributed by atoms with Crippen LogP contribution < -0.4 is 16.6 Å². The minimum atomic E-state index is -0.202. The molecule has 0 aliphatic carbocycles. The van der Waals surface area contributed by atoms with Crippen LogP contribution in [-0.4, -0.2) is 40.8 Å². The first-order valence-electron chi connectivity index (χ1n) is 10.3. The molecule has 0 amide bonds. The number of benzene rings is 2. The Morgan fingerprint density at radius 3 is 2.58 bits per heavy atom. The highest BCUT2D eigenvalue weighted by molar-refractivity contribution is 5.71. The number of ether oxygens (including phenoxy) is 1. The van der Waals surface area contributed by atoms with E-state index in [1.807, 2.05) is 49.4 Å². The van der Waals surface area contributed by atoms with Gasteiger partial charge in [-0.3, -0.25) is 4.79 Å². The summed E-state index contributed by atoms with van der Waals surface area (Å²) in [6.07, 6.45) is 1.73. The fourth-order valence-electron chi connectivity index (χ4n) is 3.65. The second kappa shape index (κ2) is 8.65. The molecule has 4 rings (SSSR count). The Bertz CT molecular complexity index is 1160. The number of aromatic nitrogens is 2. The van der Waals surface area contributed by atoms with Crippen molar-refractivity contribution in [1.82, 2.24) is 14.5 Å². The Morgan fingerprint density at radius 1 is 1.16 bits per heavy atom. The van der Waals surface area contributed by atoms with Crippen LogP contribution in [0.25, 0.3) is 17.0 Å². The predicted octanol–water partition coefficient (Wildman–Crippen LogP) is 3.38. The molecule has 1 aliphatic rings. The van der Waals surface area contributed by atoms with Gasteiger partial charge in [-0.1, -0.05) is 30.8 Å². The minimum Gasteiger partial charge on any atom is -0.398 e. The fraction of sp³-hybridized carbons (Fsp3) is 0.250. The number of morpholine rings is 1. The number of nitrogen functional groups attached to an aromatic ring is 1. The van der Waals surface area contributed by atoms with Gasteiger partial charge in [0.2, 0.25) is 0 Å². The van der Waals surface area contributed by atoms with Crippen LogP contribution in [0.15, 0.2) is 60.0 Å². The molecule has 31 heavy (non-hydrogen) atoms. The third-order valence-corrected chi connectivity index (χ3v) is 5.60. The molecule has 0 radical (unpaired) electrons. The van der Waals surface area contributed by atoms with Crippen LogP contribution in [0, 0.1) is 6.92 Å². The van der Waals surface area contributed by atoms with Crippen molar-refractivity contribution in [3.8, 4) is 11.3 Å². The lowest BCUT2D eigenvalue weighted by Crippen LogP contribution is -2.34. The summed E-state index contributed by atoms with van der Waals surface area (Å²) in [5.74, 6) is 0.265. The van der Waals surface area contributed by atoms with Gasteiger partial charge >= 0.3 is 0 Å². The lowest BCUT2D eigenvalue weighted by atomic mass is 10.0. The van der Waals surface area contributed by atoms with Crippen LogP contribution in [0.2, 0.25) is 0 Å². The zero-order chi connectivity index (χ0) is 22.0. The van der Waals surface area contributed by atoms with E-state index >= 15 is 0 Å². The van der Waals surface area contributed by atoms with Crippen LogP contribution in [0.5, 0.6) is 0 Å².